The monoisotopic (exact) mass is 268 g/mol. The van der Waals surface area contributed by atoms with Gasteiger partial charge in [-0.05, 0) is 12.1 Å². The number of hydrogen-bond donors (Lipinski definition) is 0. The summed E-state index contributed by atoms with van der Waals surface area (Å²) in [4.78, 5) is 0. The fourth-order valence-electron chi connectivity index (χ4n) is 0.705. The second-order valence-electron chi connectivity index (χ2n) is 2.08. The third-order valence-electron chi connectivity index (χ3n) is 1.26. The molecule has 0 aliphatic carbocycles. The predicted octanol–water partition coefficient (Wildman–Crippen LogP) is 4.52. The van der Waals surface area contributed by atoms with Gasteiger partial charge in [0.2, 0.25) is 0 Å². The zero-order valence-electron chi connectivity index (χ0n) is 5.82. The van der Waals surface area contributed by atoms with Crippen LogP contribution in [0.15, 0.2) is 33.2 Å². The zero-order chi connectivity index (χ0) is 9.14. The molecule has 1 rings (SSSR count). The zero-order valence-corrected chi connectivity index (χ0v) is 8.92. The molecule has 64 valence electrons. The first-order valence-electron chi connectivity index (χ1n) is 3.08. The first-order chi connectivity index (χ1) is 5.61. The minimum atomic E-state index is -0.606. The van der Waals surface area contributed by atoms with Gasteiger partial charge in [-0.25, -0.2) is 4.39 Å². The Balaban J connectivity index is 3.06. The lowest BCUT2D eigenvalue weighted by molar-refractivity contribution is 0.760. The highest BCUT2D eigenvalue weighted by atomic mass is 79.9. The molecule has 0 radical (unpaired) electrons. The van der Waals surface area contributed by atoms with Crippen LogP contribution in [0.2, 0.25) is 0 Å². The molecule has 0 unspecified atom stereocenters. The average molecular weight is 270 g/mol. The van der Waals surface area contributed by atoms with Crippen molar-refractivity contribution in [3.05, 3.63) is 38.8 Å². The Kier molecular flexibility index (Phi) is 3.56. The van der Waals surface area contributed by atoms with E-state index in [4.69, 9.17) is 23.2 Å². The second-order valence-corrected chi connectivity index (χ2v) is 3.95. The van der Waals surface area contributed by atoms with E-state index in [1.54, 1.807) is 24.3 Å². The van der Waals surface area contributed by atoms with E-state index in [-0.39, 0.29) is 4.49 Å². The molecule has 0 fully saturated rings. The maximum atomic E-state index is 13.0. The van der Waals surface area contributed by atoms with Crippen molar-refractivity contribution in [3.63, 3.8) is 0 Å². The van der Waals surface area contributed by atoms with E-state index in [2.05, 4.69) is 15.9 Å². The molecule has 0 saturated carbocycles. The predicted molar refractivity (Wildman–Crippen MR) is 53.9 cm³/mol. The Morgan fingerprint density at radius 1 is 1.17 bits per heavy atom. The first-order valence-corrected chi connectivity index (χ1v) is 4.63. The quantitative estimate of drug-likeness (QED) is 0.703. The molecule has 4 heteroatoms. The highest BCUT2D eigenvalue weighted by Crippen LogP contribution is 2.26. The molecule has 0 atom stereocenters. The topological polar surface area (TPSA) is 0 Å². The van der Waals surface area contributed by atoms with Crippen LogP contribution in [-0.4, -0.2) is 0 Å². The van der Waals surface area contributed by atoms with Gasteiger partial charge in [0.05, 0.1) is 0 Å². The van der Waals surface area contributed by atoms with Crippen molar-refractivity contribution >= 4 is 45.0 Å². The molecule has 0 aliphatic heterocycles. The minimum absolute atomic E-state index is 0.350. The molecule has 0 aliphatic rings. The lowest BCUT2D eigenvalue weighted by Gasteiger charge is -1.97. The van der Waals surface area contributed by atoms with E-state index in [1.807, 2.05) is 0 Å². The van der Waals surface area contributed by atoms with Crippen LogP contribution >= 0.6 is 39.1 Å². The highest BCUT2D eigenvalue weighted by Gasteiger charge is 2.03. The van der Waals surface area contributed by atoms with Crippen molar-refractivity contribution in [2.45, 2.75) is 0 Å². The molecule has 0 aromatic heterocycles. The van der Waals surface area contributed by atoms with Crippen LogP contribution in [0.4, 0.5) is 4.39 Å². The van der Waals surface area contributed by atoms with Crippen LogP contribution in [0.25, 0.3) is 5.83 Å². The number of halogens is 4. The van der Waals surface area contributed by atoms with E-state index in [0.717, 1.165) is 4.47 Å². The molecule has 0 heterocycles. The van der Waals surface area contributed by atoms with Crippen molar-refractivity contribution in [1.29, 1.82) is 0 Å². The van der Waals surface area contributed by atoms with Crippen molar-refractivity contribution < 1.29 is 4.39 Å². The number of rotatable bonds is 1. The van der Waals surface area contributed by atoms with Crippen LogP contribution < -0.4 is 0 Å². The Morgan fingerprint density at radius 3 is 2.08 bits per heavy atom. The normalized spacial score (nSPS) is 9.67. The van der Waals surface area contributed by atoms with E-state index in [1.165, 1.54) is 0 Å². The Hall–Kier alpha value is -0.0500. The average Bonchev–Trinajstić information content (AvgIpc) is 2.04. The van der Waals surface area contributed by atoms with Gasteiger partial charge in [-0.2, -0.15) is 0 Å². The Bertz CT molecular complexity index is 301. The van der Waals surface area contributed by atoms with Crippen LogP contribution in [0.1, 0.15) is 5.56 Å². The largest absolute Gasteiger partial charge is 0.204 e. The van der Waals surface area contributed by atoms with Gasteiger partial charge >= 0.3 is 0 Å². The molecule has 0 N–H and O–H groups in total. The molecule has 0 nitrogen and oxygen atoms in total. The summed E-state index contributed by atoms with van der Waals surface area (Å²) in [6, 6.07) is 6.60. The Labute approximate surface area is 88.1 Å². The van der Waals surface area contributed by atoms with E-state index < -0.39 is 5.83 Å². The summed E-state index contributed by atoms with van der Waals surface area (Å²) >= 11 is 13.7. The fourth-order valence-corrected chi connectivity index (χ4v) is 1.19. The van der Waals surface area contributed by atoms with E-state index in [9.17, 15) is 4.39 Å². The second kappa shape index (κ2) is 4.26. The molecule has 0 amide bonds. The number of benzene rings is 1. The third-order valence-corrected chi connectivity index (χ3v) is 2.12. The summed E-state index contributed by atoms with van der Waals surface area (Å²) in [6.07, 6.45) is 0. The van der Waals surface area contributed by atoms with Gasteiger partial charge in [-0.1, -0.05) is 51.3 Å². The maximum absolute atomic E-state index is 13.0. The summed E-state index contributed by atoms with van der Waals surface area (Å²) in [6.45, 7) is 0. The van der Waals surface area contributed by atoms with Crippen LogP contribution in [0, 0.1) is 0 Å². The smallest absolute Gasteiger partial charge is 0.160 e. The molecule has 0 saturated heterocycles. The number of hydrogen-bond acceptors (Lipinski definition) is 0. The molecule has 0 bridgehead atoms. The van der Waals surface area contributed by atoms with Crippen molar-refractivity contribution in [2.24, 2.45) is 0 Å². The molecule has 0 spiro atoms. The van der Waals surface area contributed by atoms with Gasteiger partial charge in [0.1, 0.15) is 4.49 Å². The summed E-state index contributed by atoms with van der Waals surface area (Å²) in [5, 5.41) is 0. The third kappa shape index (κ3) is 2.47. The lowest BCUT2D eigenvalue weighted by Crippen LogP contribution is -1.77. The molecule has 1 aromatic carbocycles. The van der Waals surface area contributed by atoms with Crippen LogP contribution in [0.3, 0.4) is 0 Å². The van der Waals surface area contributed by atoms with Gasteiger partial charge < -0.3 is 0 Å². The molecule has 1 aromatic rings. The maximum Gasteiger partial charge on any atom is 0.160 e. The van der Waals surface area contributed by atoms with Gasteiger partial charge in [0, 0.05) is 10.0 Å². The summed E-state index contributed by atoms with van der Waals surface area (Å²) in [5.41, 5.74) is 0.373. The highest BCUT2D eigenvalue weighted by molar-refractivity contribution is 9.10. The summed E-state index contributed by atoms with van der Waals surface area (Å²) in [5.74, 6) is -0.606. The molecule has 12 heavy (non-hydrogen) atoms. The van der Waals surface area contributed by atoms with Gasteiger partial charge in [-0.3, -0.25) is 0 Å². The van der Waals surface area contributed by atoms with Crippen LogP contribution in [-0.2, 0) is 0 Å². The van der Waals surface area contributed by atoms with Gasteiger partial charge in [-0.15, -0.1) is 0 Å². The van der Waals surface area contributed by atoms with E-state index in [0.29, 0.717) is 5.56 Å². The van der Waals surface area contributed by atoms with Crippen molar-refractivity contribution in [1.82, 2.24) is 0 Å². The van der Waals surface area contributed by atoms with Crippen LogP contribution in [0.5, 0.6) is 0 Å². The van der Waals surface area contributed by atoms with Crippen molar-refractivity contribution in [2.75, 3.05) is 0 Å². The lowest BCUT2D eigenvalue weighted by atomic mass is 10.2. The van der Waals surface area contributed by atoms with E-state index >= 15 is 0 Å². The molecular formula is C8H4BrCl2F. The minimum Gasteiger partial charge on any atom is -0.204 e. The fraction of sp³-hybridized carbons (Fsp3) is 0. The molecular weight excluding hydrogens is 266 g/mol. The first kappa shape index (κ1) is 10.0. The van der Waals surface area contributed by atoms with Gasteiger partial charge in [0.25, 0.3) is 0 Å². The van der Waals surface area contributed by atoms with Gasteiger partial charge in [0.15, 0.2) is 5.83 Å². The summed E-state index contributed by atoms with van der Waals surface area (Å²) in [7, 11) is 0. The van der Waals surface area contributed by atoms with Crippen molar-refractivity contribution in [3.8, 4) is 0 Å². The Morgan fingerprint density at radius 2 is 1.67 bits per heavy atom. The standard InChI is InChI=1S/C8H4BrCl2F/c9-6-3-1-5(2-4-6)7(12)8(10)11/h1-4H. The SMILES string of the molecule is FC(=C(Cl)Cl)c1ccc(Br)cc1. The summed E-state index contributed by atoms with van der Waals surface area (Å²) < 4.78 is 13.5.